The van der Waals surface area contributed by atoms with Gasteiger partial charge in [-0.05, 0) is 62.3 Å². The lowest BCUT2D eigenvalue weighted by atomic mass is 9.98. The van der Waals surface area contributed by atoms with E-state index in [0.29, 0.717) is 12.0 Å². The van der Waals surface area contributed by atoms with Gasteiger partial charge in [0.1, 0.15) is 5.75 Å². The van der Waals surface area contributed by atoms with Crippen LogP contribution in [0.4, 0.5) is 0 Å². The highest BCUT2D eigenvalue weighted by atomic mass is 35.5. The van der Waals surface area contributed by atoms with Crippen LogP contribution in [0.2, 0.25) is 5.02 Å². The number of halogens is 1. The zero-order valence-corrected chi connectivity index (χ0v) is 11.4. The number of ether oxygens (including phenoxy) is 1. The highest BCUT2D eigenvalue weighted by molar-refractivity contribution is 6.32. The molecule has 3 heteroatoms. The molecule has 2 aliphatic rings. The molecule has 98 valence electrons. The van der Waals surface area contributed by atoms with E-state index in [-0.39, 0.29) is 0 Å². The largest absolute Gasteiger partial charge is 0.489 e. The molecule has 0 radical (unpaired) electrons. The molecule has 1 unspecified atom stereocenters. The van der Waals surface area contributed by atoms with Crippen LogP contribution in [-0.4, -0.2) is 19.2 Å². The summed E-state index contributed by atoms with van der Waals surface area (Å²) >= 11 is 6.34. The molecule has 1 saturated carbocycles. The summed E-state index contributed by atoms with van der Waals surface area (Å²) < 4.78 is 5.98. The quantitative estimate of drug-likeness (QED) is 0.899. The predicted molar refractivity (Wildman–Crippen MR) is 74.6 cm³/mol. The fourth-order valence-corrected chi connectivity index (χ4v) is 3.23. The Bertz CT molecular complexity index is 409. The maximum atomic E-state index is 6.34. The van der Waals surface area contributed by atoms with Gasteiger partial charge in [-0.15, -0.1) is 0 Å². The van der Waals surface area contributed by atoms with E-state index in [1.165, 1.54) is 37.7 Å². The lowest BCUT2D eigenvalue weighted by Crippen LogP contribution is -2.11. The molecule has 2 nitrogen and oxygen atoms in total. The molecule has 1 N–H and O–H groups in total. The van der Waals surface area contributed by atoms with Gasteiger partial charge in [0.15, 0.2) is 0 Å². The first-order chi connectivity index (χ1) is 8.83. The molecule has 1 aromatic rings. The van der Waals surface area contributed by atoms with Crippen LogP contribution in [0.1, 0.15) is 43.6 Å². The molecule has 0 spiro atoms. The van der Waals surface area contributed by atoms with Crippen molar-refractivity contribution in [1.82, 2.24) is 5.32 Å². The molecular weight excluding hydrogens is 246 g/mol. The van der Waals surface area contributed by atoms with Gasteiger partial charge in [0.25, 0.3) is 0 Å². The normalized spacial score (nSPS) is 24.6. The number of nitrogens with one attached hydrogen (secondary N) is 1. The van der Waals surface area contributed by atoms with Crippen LogP contribution in [0.5, 0.6) is 5.75 Å². The Kier molecular flexibility index (Phi) is 3.76. The average Bonchev–Trinajstić information content (AvgIpc) is 3.04. The fraction of sp³-hybridized carbons (Fsp3) is 0.600. The highest BCUT2D eigenvalue weighted by Gasteiger charge is 2.20. The van der Waals surface area contributed by atoms with E-state index in [2.05, 4.69) is 17.4 Å². The zero-order valence-electron chi connectivity index (χ0n) is 10.6. The molecule has 1 aromatic carbocycles. The first-order valence-electron chi connectivity index (χ1n) is 7.00. The average molecular weight is 266 g/mol. The Balaban J connectivity index is 1.71. The Labute approximate surface area is 114 Å². The van der Waals surface area contributed by atoms with E-state index in [1.807, 2.05) is 6.07 Å². The monoisotopic (exact) mass is 265 g/mol. The van der Waals surface area contributed by atoms with Crippen LogP contribution in [0.3, 0.4) is 0 Å². The third-order valence-electron chi connectivity index (χ3n) is 4.08. The smallest absolute Gasteiger partial charge is 0.138 e. The number of hydrogen-bond acceptors (Lipinski definition) is 2. The summed E-state index contributed by atoms with van der Waals surface area (Å²) in [5.74, 6) is 1.47. The minimum absolute atomic E-state index is 0.376. The number of hydrogen-bond donors (Lipinski definition) is 1. The van der Waals surface area contributed by atoms with Gasteiger partial charge < -0.3 is 10.1 Å². The van der Waals surface area contributed by atoms with Crippen LogP contribution < -0.4 is 10.1 Å². The number of rotatable bonds is 3. The van der Waals surface area contributed by atoms with Crippen LogP contribution in [0.25, 0.3) is 0 Å². The fourth-order valence-electron chi connectivity index (χ4n) is 2.99. The second-order valence-corrected chi connectivity index (χ2v) is 5.81. The van der Waals surface area contributed by atoms with Crippen molar-refractivity contribution in [2.24, 2.45) is 0 Å². The second-order valence-electron chi connectivity index (χ2n) is 5.40. The van der Waals surface area contributed by atoms with E-state index in [1.54, 1.807) is 0 Å². The van der Waals surface area contributed by atoms with Crippen molar-refractivity contribution in [3.63, 3.8) is 0 Å². The molecule has 0 bridgehead atoms. The topological polar surface area (TPSA) is 21.3 Å². The van der Waals surface area contributed by atoms with Crippen molar-refractivity contribution in [2.75, 3.05) is 13.1 Å². The SMILES string of the molecule is Clc1cc(C2CCNC2)ccc1OC1CCCC1. The van der Waals surface area contributed by atoms with E-state index in [4.69, 9.17) is 16.3 Å². The van der Waals surface area contributed by atoms with Crippen molar-refractivity contribution in [3.8, 4) is 5.75 Å². The van der Waals surface area contributed by atoms with Gasteiger partial charge in [0.2, 0.25) is 0 Å². The van der Waals surface area contributed by atoms with Gasteiger partial charge in [-0.1, -0.05) is 17.7 Å². The van der Waals surface area contributed by atoms with Crippen LogP contribution in [0, 0.1) is 0 Å². The van der Waals surface area contributed by atoms with Crippen molar-refractivity contribution in [3.05, 3.63) is 28.8 Å². The molecule has 0 amide bonds. The number of benzene rings is 1. The second kappa shape index (κ2) is 5.50. The summed E-state index contributed by atoms with van der Waals surface area (Å²) in [5.41, 5.74) is 1.34. The lowest BCUT2D eigenvalue weighted by Gasteiger charge is -2.16. The maximum absolute atomic E-state index is 6.34. The first-order valence-corrected chi connectivity index (χ1v) is 7.37. The molecule has 3 rings (SSSR count). The minimum Gasteiger partial charge on any atom is -0.489 e. The zero-order chi connectivity index (χ0) is 12.4. The summed E-state index contributed by atoms with van der Waals surface area (Å²) in [6.45, 7) is 2.18. The van der Waals surface area contributed by atoms with Crippen LogP contribution in [-0.2, 0) is 0 Å². The van der Waals surface area contributed by atoms with E-state index in [0.717, 1.165) is 23.9 Å². The maximum Gasteiger partial charge on any atom is 0.138 e. The Morgan fingerprint density at radius 3 is 2.67 bits per heavy atom. The van der Waals surface area contributed by atoms with Gasteiger partial charge in [0.05, 0.1) is 11.1 Å². The van der Waals surface area contributed by atoms with Crippen LogP contribution >= 0.6 is 11.6 Å². The van der Waals surface area contributed by atoms with Gasteiger partial charge in [-0.3, -0.25) is 0 Å². The summed E-state index contributed by atoms with van der Waals surface area (Å²) in [6.07, 6.45) is 6.50. The Hall–Kier alpha value is -0.730. The summed E-state index contributed by atoms with van der Waals surface area (Å²) in [5, 5.41) is 4.16. The van der Waals surface area contributed by atoms with E-state index in [9.17, 15) is 0 Å². The van der Waals surface area contributed by atoms with Crippen molar-refractivity contribution in [2.45, 2.75) is 44.1 Å². The van der Waals surface area contributed by atoms with Gasteiger partial charge >= 0.3 is 0 Å². The molecule has 1 heterocycles. The summed E-state index contributed by atoms with van der Waals surface area (Å²) in [7, 11) is 0. The Morgan fingerprint density at radius 1 is 1.17 bits per heavy atom. The predicted octanol–water partition coefficient (Wildman–Crippen LogP) is 3.74. The molecule has 0 aromatic heterocycles. The molecular formula is C15H20ClNO. The van der Waals surface area contributed by atoms with Crippen molar-refractivity contribution < 1.29 is 4.74 Å². The summed E-state index contributed by atoms with van der Waals surface area (Å²) in [6, 6.07) is 6.31. The third kappa shape index (κ3) is 2.65. The Morgan fingerprint density at radius 2 is 2.00 bits per heavy atom. The molecule has 18 heavy (non-hydrogen) atoms. The molecule has 2 fully saturated rings. The van der Waals surface area contributed by atoms with Crippen molar-refractivity contribution >= 4 is 11.6 Å². The molecule has 1 aliphatic heterocycles. The standard InChI is InChI=1S/C15H20ClNO/c16-14-9-11(12-7-8-17-10-12)5-6-15(14)18-13-3-1-2-4-13/h5-6,9,12-13,17H,1-4,7-8,10H2. The highest BCUT2D eigenvalue weighted by Crippen LogP contribution is 2.33. The van der Waals surface area contributed by atoms with Gasteiger partial charge in [-0.25, -0.2) is 0 Å². The lowest BCUT2D eigenvalue weighted by molar-refractivity contribution is 0.210. The van der Waals surface area contributed by atoms with E-state index < -0.39 is 0 Å². The molecule has 1 aliphatic carbocycles. The van der Waals surface area contributed by atoms with E-state index >= 15 is 0 Å². The first kappa shape index (κ1) is 12.3. The van der Waals surface area contributed by atoms with Crippen LogP contribution in [0.15, 0.2) is 18.2 Å². The third-order valence-corrected chi connectivity index (χ3v) is 4.38. The van der Waals surface area contributed by atoms with Gasteiger partial charge in [0, 0.05) is 6.54 Å². The molecule has 1 atom stereocenters. The minimum atomic E-state index is 0.376. The van der Waals surface area contributed by atoms with Crippen molar-refractivity contribution in [1.29, 1.82) is 0 Å². The molecule has 1 saturated heterocycles. The summed E-state index contributed by atoms with van der Waals surface area (Å²) in [4.78, 5) is 0. The van der Waals surface area contributed by atoms with Gasteiger partial charge in [-0.2, -0.15) is 0 Å².